The van der Waals surface area contributed by atoms with Gasteiger partial charge in [-0.1, -0.05) is 48.5 Å². The highest BCUT2D eigenvalue weighted by molar-refractivity contribution is 5.92. The van der Waals surface area contributed by atoms with Gasteiger partial charge in [-0.3, -0.25) is 4.90 Å². The molecule has 4 heteroatoms. The predicted octanol–water partition coefficient (Wildman–Crippen LogP) is 2.97. The van der Waals surface area contributed by atoms with Gasteiger partial charge in [-0.15, -0.1) is 0 Å². The van der Waals surface area contributed by atoms with Crippen molar-refractivity contribution in [2.24, 2.45) is 0 Å². The average molecular weight is 309 g/mol. The van der Waals surface area contributed by atoms with E-state index in [0.29, 0.717) is 18.8 Å². The van der Waals surface area contributed by atoms with Crippen LogP contribution in [0.4, 0.5) is 0 Å². The van der Waals surface area contributed by atoms with Gasteiger partial charge in [0.2, 0.25) is 0 Å². The topological polar surface area (TPSA) is 38.8 Å². The van der Waals surface area contributed by atoms with E-state index in [4.69, 9.17) is 9.47 Å². The molecule has 23 heavy (non-hydrogen) atoms. The van der Waals surface area contributed by atoms with Crippen molar-refractivity contribution in [3.63, 3.8) is 0 Å². The second-order valence-corrected chi connectivity index (χ2v) is 5.92. The SMILES string of the molecule is O=C1O[C@@H](c2ccccc2)[C@H](N2CCOCC2)c2ccccc21. The second kappa shape index (κ2) is 6.14. The van der Waals surface area contributed by atoms with Crippen LogP contribution in [0.25, 0.3) is 0 Å². The average Bonchev–Trinajstić information content (AvgIpc) is 2.63. The molecule has 0 aliphatic carbocycles. The summed E-state index contributed by atoms with van der Waals surface area (Å²) in [6.45, 7) is 3.13. The number of fused-ring (bicyclic) bond motifs is 1. The Labute approximate surface area is 135 Å². The molecule has 2 atom stereocenters. The summed E-state index contributed by atoms with van der Waals surface area (Å²) in [6.07, 6.45) is -0.281. The Bertz CT molecular complexity index is 695. The molecule has 0 bridgehead atoms. The number of hydrogen-bond acceptors (Lipinski definition) is 4. The minimum atomic E-state index is -0.281. The van der Waals surface area contributed by atoms with Crippen LogP contribution in [-0.4, -0.2) is 37.2 Å². The Morgan fingerprint density at radius 2 is 1.61 bits per heavy atom. The predicted molar refractivity (Wildman–Crippen MR) is 86.2 cm³/mol. The molecule has 0 saturated carbocycles. The van der Waals surface area contributed by atoms with Gasteiger partial charge in [0.15, 0.2) is 0 Å². The zero-order valence-corrected chi connectivity index (χ0v) is 12.9. The molecule has 4 rings (SSSR count). The van der Waals surface area contributed by atoms with Gasteiger partial charge in [0.1, 0.15) is 6.10 Å². The summed E-state index contributed by atoms with van der Waals surface area (Å²) in [5.74, 6) is -0.237. The van der Waals surface area contributed by atoms with Crippen LogP contribution in [-0.2, 0) is 9.47 Å². The van der Waals surface area contributed by atoms with Gasteiger partial charge in [-0.2, -0.15) is 0 Å². The van der Waals surface area contributed by atoms with Crippen molar-refractivity contribution >= 4 is 5.97 Å². The van der Waals surface area contributed by atoms with Crippen LogP contribution < -0.4 is 0 Å². The molecular weight excluding hydrogens is 290 g/mol. The number of morpholine rings is 1. The Hall–Kier alpha value is -2.17. The highest BCUT2D eigenvalue weighted by atomic mass is 16.5. The number of carbonyl (C=O) groups is 1. The van der Waals surface area contributed by atoms with Crippen LogP contribution in [0.1, 0.15) is 33.6 Å². The molecule has 118 valence electrons. The van der Waals surface area contributed by atoms with E-state index in [9.17, 15) is 4.79 Å². The van der Waals surface area contributed by atoms with Crippen molar-refractivity contribution in [1.82, 2.24) is 4.90 Å². The summed E-state index contributed by atoms with van der Waals surface area (Å²) in [6, 6.07) is 17.8. The molecule has 1 saturated heterocycles. The zero-order chi connectivity index (χ0) is 15.6. The Kier molecular flexibility index (Phi) is 3.85. The highest BCUT2D eigenvalue weighted by Gasteiger charge is 2.40. The molecule has 1 fully saturated rings. The fourth-order valence-electron chi connectivity index (χ4n) is 3.48. The van der Waals surface area contributed by atoms with Crippen LogP contribution >= 0.6 is 0 Å². The smallest absolute Gasteiger partial charge is 0.339 e. The van der Waals surface area contributed by atoms with Crippen molar-refractivity contribution < 1.29 is 14.3 Å². The molecule has 0 aromatic heterocycles. The molecule has 2 heterocycles. The highest BCUT2D eigenvalue weighted by Crippen LogP contribution is 2.42. The quantitative estimate of drug-likeness (QED) is 0.800. The molecule has 2 aromatic rings. The molecule has 2 aliphatic rings. The largest absolute Gasteiger partial charge is 0.452 e. The van der Waals surface area contributed by atoms with Crippen LogP contribution in [0.3, 0.4) is 0 Å². The second-order valence-electron chi connectivity index (χ2n) is 5.92. The first kappa shape index (κ1) is 14.4. The lowest BCUT2D eigenvalue weighted by atomic mass is 9.88. The van der Waals surface area contributed by atoms with Crippen molar-refractivity contribution in [3.05, 3.63) is 71.3 Å². The normalized spacial score (nSPS) is 24.8. The van der Waals surface area contributed by atoms with Gasteiger partial charge in [-0.25, -0.2) is 4.79 Å². The van der Waals surface area contributed by atoms with E-state index in [2.05, 4.69) is 4.90 Å². The van der Waals surface area contributed by atoms with Gasteiger partial charge in [-0.05, 0) is 17.2 Å². The first-order valence-corrected chi connectivity index (χ1v) is 8.01. The van der Waals surface area contributed by atoms with Crippen LogP contribution in [0.15, 0.2) is 54.6 Å². The number of hydrogen-bond donors (Lipinski definition) is 0. The Morgan fingerprint density at radius 1 is 0.913 bits per heavy atom. The van der Waals surface area contributed by atoms with Crippen LogP contribution in [0.5, 0.6) is 0 Å². The maximum Gasteiger partial charge on any atom is 0.339 e. The number of benzene rings is 2. The fourth-order valence-corrected chi connectivity index (χ4v) is 3.48. The van der Waals surface area contributed by atoms with Gasteiger partial charge < -0.3 is 9.47 Å². The van der Waals surface area contributed by atoms with E-state index >= 15 is 0 Å². The van der Waals surface area contributed by atoms with E-state index in [1.807, 2.05) is 54.6 Å². The van der Waals surface area contributed by atoms with Crippen molar-refractivity contribution in [2.75, 3.05) is 26.3 Å². The molecule has 0 radical (unpaired) electrons. The summed E-state index contributed by atoms with van der Waals surface area (Å²) >= 11 is 0. The van der Waals surface area contributed by atoms with Crippen molar-refractivity contribution in [3.8, 4) is 0 Å². The van der Waals surface area contributed by atoms with Crippen LogP contribution in [0, 0.1) is 0 Å². The minimum absolute atomic E-state index is 0.0372. The van der Waals surface area contributed by atoms with Crippen molar-refractivity contribution in [2.45, 2.75) is 12.1 Å². The Balaban J connectivity index is 1.80. The number of cyclic esters (lactones) is 1. The van der Waals surface area contributed by atoms with E-state index in [1.54, 1.807) is 0 Å². The molecule has 0 unspecified atom stereocenters. The third-order valence-corrected chi connectivity index (χ3v) is 4.59. The lowest BCUT2D eigenvalue weighted by molar-refractivity contribution is -0.0443. The van der Waals surface area contributed by atoms with E-state index < -0.39 is 0 Å². The standard InChI is InChI=1S/C19H19NO3/c21-19-16-9-5-4-8-15(16)17(20-10-12-22-13-11-20)18(23-19)14-6-2-1-3-7-14/h1-9,17-18H,10-13H2/t17-,18+/m1/s1. The van der Waals surface area contributed by atoms with Crippen molar-refractivity contribution in [1.29, 1.82) is 0 Å². The summed E-state index contributed by atoms with van der Waals surface area (Å²) in [7, 11) is 0. The van der Waals surface area contributed by atoms with Gasteiger partial charge >= 0.3 is 5.97 Å². The summed E-state index contributed by atoms with van der Waals surface area (Å²) in [5.41, 5.74) is 2.77. The lowest BCUT2D eigenvalue weighted by Crippen LogP contribution is -2.44. The summed E-state index contributed by atoms with van der Waals surface area (Å²) in [5, 5.41) is 0. The van der Waals surface area contributed by atoms with E-state index in [-0.39, 0.29) is 18.1 Å². The van der Waals surface area contributed by atoms with Crippen LogP contribution in [0.2, 0.25) is 0 Å². The molecule has 2 aliphatic heterocycles. The summed E-state index contributed by atoms with van der Waals surface area (Å²) < 4.78 is 11.3. The number of carbonyl (C=O) groups excluding carboxylic acids is 1. The first-order chi connectivity index (χ1) is 11.3. The Morgan fingerprint density at radius 3 is 2.39 bits per heavy atom. The summed E-state index contributed by atoms with van der Waals surface area (Å²) in [4.78, 5) is 14.8. The maximum absolute atomic E-state index is 12.4. The number of ether oxygens (including phenoxy) is 2. The number of esters is 1. The number of rotatable bonds is 2. The van der Waals surface area contributed by atoms with Gasteiger partial charge in [0.05, 0.1) is 24.8 Å². The van der Waals surface area contributed by atoms with E-state index in [0.717, 1.165) is 24.2 Å². The van der Waals surface area contributed by atoms with E-state index in [1.165, 1.54) is 0 Å². The lowest BCUT2D eigenvalue weighted by Gasteiger charge is -2.42. The molecule has 0 amide bonds. The molecular formula is C19H19NO3. The van der Waals surface area contributed by atoms with Gasteiger partial charge in [0, 0.05) is 13.1 Å². The monoisotopic (exact) mass is 309 g/mol. The third kappa shape index (κ3) is 2.64. The molecule has 0 N–H and O–H groups in total. The first-order valence-electron chi connectivity index (χ1n) is 8.01. The number of nitrogens with zero attached hydrogens (tertiary/aromatic N) is 1. The van der Waals surface area contributed by atoms with Gasteiger partial charge in [0.25, 0.3) is 0 Å². The minimum Gasteiger partial charge on any atom is -0.452 e. The maximum atomic E-state index is 12.4. The molecule has 4 nitrogen and oxygen atoms in total. The molecule has 0 spiro atoms. The third-order valence-electron chi connectivity index (χ3n) is 4.59. The fraction of sp³-hybridized carbons (Fsp3) is 0.316. The zero-order valence-electron chi connectivity index (χ0n) is 12.9. The molecule has 2 aromatic carbocycles.